The van der Waals surface area contributed by atoms with E-state index in [1.165, 1.54) is 6.92 Å². The molecule has 0 aliphatic rings. The van der Waals surface area contributed by atoms with Crippen molar-refractivity contribution in [3.05, 3.63) is 30.4 Å². The number of amides is 1. The maximum absolute atomic E-state index is 14.0. The minimum Gasteiger partial charge on any atom is -0.368 e. The summed E-state index contributed by atoms with van der Waals surface area (Å²) >= 11 is 0. The summed E-state index contributed by atoms with van der Waals surface area (Å²) in [4.78, 5) is 23.8. The van der Waals surface area contributed by atoms with Gasteiger partial charge in [0.05, 0.1) is 17.4 Å². The Morgan fingerprint density at radius 1 is 1.24 bits per heavy atom. The maximum atomic E-state index is 14.0. The molecule has 0 saturated heterocycles. The first kappa shape index (κ1) is 20.6. The number of hydrogen-bond acceptors (Lipinski definition) is 5. The summed E-state index contributed by atoms with van der Waals surface area (Å²) in [6, 6.07) is 3.39. The quantitative estimate of drug-likeness (QED) is 0.638. The van der Waals surface area contributed by atoms with Crippen LogP contribution in [0.4, 0.5) is 20.4 Å². The summed E-state index contributed by atoms with van der Waals surface area (Å²) in [5.74, 6) is -3.26. The van der Waals surface area contributed by atoms with Crippen molar-refractivity contribution in [1.29, 1.82) is 0 Å². The van der Waals surface area contributed by atoms with E-state index in [4.69, 9.17) is 0 Å². The summed E-state index contributed by atoms with van der Waals surface area (Å²) < 4.78 is 30.0. The van der Waals surface area contributed by atoms with Crippen LogP contribution in [0.1, 0.15) is 40.4 Å². The number of anilines is 2. The van der Waals surface area contributed by atoms with Crippen LogP contribution in [0.3, 0.4) is 0 Å². The molecular weight excluding hydrogens is 378 g/mol. The van der Waals surface area contributed by atoms with Crippen molar-refractivity contribution in [3.8, 4) is 11.3 Å². The molecule has 7 nitrogen and oxygen atoms in total. The van der Waals surface area contributed by atoms with Crippen molar-refractivity contribution in [2.75, 3.05) is 10.6 Å². The van der Waals surface area contributed by atoms with E-state index in [-0.39, 0.29) is 11.9 Å². The number of halogens is 2. The molecule has 3 aromatic rings. The number of alkyl halides is 2. The second-order valence-corrected chi connectivity index (χ2v) is 7.25. The topological polar surface area (TPSA) is 84.7 Å². The normalized spacial score (nSPS) is 11.9. The first-order valence-corrected chi connectivity index (χ1v) is 9.39. The van der Waals surface area contributed by atoms with Gasteiger partial charge < -0.3 is 15.2 Å². The number of carbonyl (C=O) groups excluding carboxylic acids is 1. The third-order valence-electron chi connectivity index (χ3n) is 4.24. The molecule has 3 aromatic heterocycles. The van der Waals surface area contributed by atoms with Crippen LogP contribution in [-0.4, -0.2) is 31.5 Å². The highest BCUT2D eigenvalue weighted by Crippen LogP contribution is 2.34. The summed E-state index contributed by atoms with van der Waals surface area (Å²) in [7, 11) is 0. The van der Waals surface area contributed by atoms with Gasteiger partial charge in [0.2, 0.25) is 11.7 Å². The highest BCUT2D eigenvalue weighted by Gasteiger charge is 2.30. The van der Waals surface area contributed by atoms with E-state index in [1.807, 2.05) is 31.5 Å². The third kappa shape index (κ3) is 4.49. The minimum atomic E-state index is -3.19. The molecule has 9 heteroatoms. The van der Waals surface area contributed by atoms with Gasteiger partial charge in [0.15, 0.2) is 0 Å². The van der Waals surface area contributed by atoms with Gasteiger partial charge in [0, 0.05) is 49.6 Å². The van der Waals surface area contributed by atoms with Crippen LogP contribution in [-0.2, 0) is 17.3 Å². The first-order valence-electron chi connectivity index (χ1n) is 9.39. The van der Waals surface area contributed by atoms with Crippen molar-refractivity contribution in [1.82, 2.24) is 19.5 Å². The lowest BCUT2D eigenvalue weighted by molar-refractivity contribution is -0.114. The number of fused-ring (bicyclic) bond motifs is 1. The van der Waals surface area contributed by atoms with Gasteiger partial charge in [-0.15, -0.1) is 0 Å². The average molecular weight is 402 g/mol. The first-order chi connectivity index (χ1) is 13.6. The van der Waals surface area contributed by atoms with Crippen molar-refractivity contribution in [2.45, 2.75) is 53.1 Å². The summed E-state index contributed by atoms with van der Waals surface area (Å²) in [6.45, 7) is 8.62. The van der Waals surface area contributed by atoms with E-state index in [1.54, 1.807) is 18.3 Å². The van der Waals surface area contributed by atoms with Gasteiger partial charge in [0.1, 0.15) is 11.6 Å². The zero-order chi connectivity index (χ0) is 21.3. The van der Waals surface area contributed by atoms with Gasteiger partial charge in [-0.3, -0.25) is 4.79 Å². The van der Waals surface area contributed by atoms with Gasteiger partial charge >= 0.3 is 5.92 Å². The Hall–Kier alpha value is -3.10. The third-order valence-corrected chi connectivity index (χ3v) is 4.24. The largest absolute Gasteiger partial charge is 0.368 e. The van der Waals surface area contributed by atoms with E-state index in [2.05, 4.69) is 25.6 Å². The lowest BCUT2D eigenvalue weighted by Gasteiger charge is -2.15. The Morgan fingerprint density at radius 2 is 1.97 bits per heavy atom. The van der Waals surface area contributed by atoms with Gasteiger partial charge in [0.25, 0.3) is 0 Å². The van der Waals surface area contributed by atoms with E-state index < -0.39 is 11.7 Å². The molecule has 0 unspecified atom stereocenters. The molecular formula is C20H24F2N6O. The summed E-state index contributed by atoms with van der Waals surface area (Å²) in [6.07, 6.45) is 3.50. The van der Waals surface area contributed by atoms with Crippen molar-refractivity contribution in [3.63, 3.8) is 0 Å². The second kappa shape index (κ2) is 7.73. The van der Waals surface area contributed by atoms with Crippen LogP contribution >= 0.6 is 0 Å². The van der Waals surface area contributed by atoms with Gasteiger partial charge in [-0.25, -0.2) is 15.0 Å². The molecule has 29 heavy (non-hydrogen) atoms. The Bertz CT molecular complexity index is 1060. The SMILES string of the molecule is CCn1cc(-c2cc(NC(C)C)nc(C(C)(F)F)n2)c2cc(NC(C)=O)ncc21. The molecule has 1 amide bonds. The Morgan fingerprint density at radius 3 is 2.55 bits per heavy atom. The van der Waals surface area contributed by atoms with Crippen LogP contribution in [0.2, 0.25) is 0 Å². The molecule has 2 N–H and O–H groups in total. The number of aromatic nitrogens is 4. The summed E-state index contributed by atoms with van der Waals surface area (Å²) in [5, 5.41) is 6.48. The van der Waals surface area contributed by atoms with Gasteiger partial charge in [-0.1, -0.05) is 0 Å². The van der Waals surface area contributed by atoms with Crippen LogP contribution in [0, 0.1) is 0 Å². The predicted molar refractivity (Wildman–Crippen MR) is 109 cm³/mol. The second-order valence-electron chi connectivity index (χ2n) is 7.25. The molecule has 0 aliphatic carbocycles. The molecule has 0 radical (unpaired) electrons. The van der Waals surface area contributed by atoms with E-state index in [9.17, 15) is 13.6 Å². The molecule has 0 saturated carbocycles. The zero-order valence-electron chi connectivity index (χ0n) is 17.0. The van der Waals surface area contributed by atoms with Crippen molar-refractivity contribution in [2.24, 2.45) is 0 Å². The zero-order valence-corrected chi connectivity index (χ0v) is 17.0. The smallest absolute Gasteiger partial charge is 0.303 e. The van der Waals surface area contributed by atoms with Crippen LogP contribution < -0.4 is 10.6 Å². The fraction of sp³-hybridized carbons (Fsp3) is 0.400. The number of carbonyl (C=O) groups is 1. The highest BCUT2D eigenvalue weighted by molar-refractivity contribution is 5.98. The molecule has 0 aromatic carbocycles. The lowest BCUT2D eigenvalue weighted by Crippen LogP contribution is -2.17. The molecule has 0 fully saturated rings. The predicted octanol–water partition coefficient (Wildman–Crippen LogP) is 4.40. The Labute approximate surface area is 167 Å². The monoisotopic (exact) mass is 402 g/mol. The van der Waals surface area contributed by atoms with Crippen LogP contribution in [0.5, 0.6) is 0 Å². The van der Waals surface area contributed by atoms with E-state index in [0.29, 0.717) is 29.4 Å². The molecule has 0 atom stereocenters. The molecule has 3 rings (SSSR count). The molecule has 0 aliphatic heterocycles. The number of aryl methyl sites for hydroxylation is 1. The average Bonchev–Trinajstić information content (AvgIpc) is 2.97. The fourth-order valence-corrected chi connectivity index (χ4v) is 3.05. The highest BCUT2D eigenvalue weighted by atomic mass is 19.3. The number of pyridine rings is 1. The molecule has 0 bridgehead atoms. The molecule has 3 heterocycles. The lowest BCUT2D eigenvalue weighted by atomic mass is 10.1. The minimum absolute atomic E-state index is 0.0173. The van der Waals surface area contributed by atoms with E-state index in [0.717, 1.165) is 17.8 Å². The number of nitrogens with zero attached hydrogens (tertiary/aromatic N) is 4. The van der Waals surface area contributed by atoms with Gasteiger partial charge in [-0.2, -0.15) is 8.78 Å². The van der Waals surface area contributed by atoms with Crippen molar-refractivity contribution >= 4 is 28.4 Å². The van der Waals surface area contributed by atoms with Gasteiger partial charge in [-0.05, 0) is 26.8 Å². The fourth-order valence-electron chi connectivity index (χ4n) is 3.05. The number of rotatable bonds is 6. The van der Waals surface area contributed by atoms with Crippen LogP contribution in [0.25, 0.3) is 22.2 Å². The summed E-state index contributed by atoms with van der Waals surface area (Å²) in [5.41, 5.74) is 1.85. The number of hydrogen-bond donors (Lipinski definition) is 2. The maximum Gasteiger partial charge on any atom is 0.303 e. The Kier molecular flexibility index (Phi) is 5.50. The van der Waals surface area contributed by atoms with Crippen LogP contribution in [0.15, 0.2) is 24.5 Å². The molecule has 0 spiro atoms. The Balaban J connectivity index is 2.24. The van der Waals surface area contributed by atoms with E-state index >= 15 is 0 Å². The standard InChI is InChI=1S/C20H24F2N6O/c1-6-28-10-14(13-7-17(25-12(4)29)23-9-16(13)28)15-8-18(24-11(2)3)27-19(26-15)20(5,21)22/h7-11H,6H2,1-5H3,(H,23,25,29)(H,24,26,27). The molecule has 154 valence electrons. The number of nitrogens with one attached hydrogen (secondary N) is 2. The van der Waals surface area contributed by atoms with Crippen molar-refractivity contribution < 1.29 is 13.6 Å².